The molecule has 0 radical (unpaired) electrons. The largest absolute Gasteiger partial charge is 0.493 e. The van der Waals surface area contributed by atoms with E-state index in [4.69, 9.17) is 28.3 Å². The Morgan fingerprint density at radius 1 is 1.00 bits per heavy atom. The van der Waals surface area contributed by atoms with Crippen LogP contribution in [0.2, 0.25) is 0 Å². The molecule has 3 fully saturated rings. The molecule has 2 saturated heterocycles. The second-order valence-corrected chi connectivity index (χ2v) is 13.0. The van der Waals surface area contributed by atoms with Crippen molar-refractivity contribution in [3.8, 4) is 28.7 Å². The van der Waals surface area contributed by atoms with Gasteiger partial charge < -0.3 is 33.2 Å². The number of piperidine rings is 1. The average Bonchev–Trinajstić information content (AvgIpc) is 3.30. The van der Waals surface area contributed by atoms with Crippen molar-refractivity contribution in [1.29, 1.82) is 0 Å². The van der Waals surface area contributed by atoms with Crippen molar-refractivity contribution in [3.05, 3.63) is 36.1 Å². The van der Waals surface area contributed by atoms with E-state index in [9.17, 15) is 4.79 Å². The highest BCUT2D eigenvalue weighted by Crippen LogP contribution is 2.51. The molecule has 1 saturated carbocycles. The molecule has 9 heteroatoms. The van der Waals surface area contributed by atoms with Crippen molar-refractivity contribution in [2.75, 3.05) is 40.3 Å². The maximum atomic E-state index is 12.4. The molecule has 4 heterocycles. The lowest BCUT2D eigenvalue weighted by molar-refractivity contribution is -0.117. The first-order valence-corrected chi connectivity index (χ1v) is 14.6. The van der Waals surface area contributed by atoms with Crippen molar-refractivity contribution >= 4 is 17.0 Å². The van der Waals surface area contributed by atoms with Gasteiger partial charge in [-0.3, -0.25) is 0 Å². The number of likely N-dealkylation sites (tertiary alicyclic amines) is 2. The molecule has 0 atom stereocenters. The number of nitrogens with zero attached hydrogens (tertiary/aromatic N) is 3. The van der Waals surface area contributed by atoms with Gasteiger partial charge in [-0.1, -0.05) is 0 Å². The summed E-state index contributed by atoms with van der Waals surface area (Å²) in [5, 5.41) is 0.886. The maximum Gasteiger partial charge on any atom is 0.410 e. The van der Waals surface area contributed by atoms with Gasteiger partial charge in [-0.25, -0.2) is 9.78 Å². The van der Waals surface area contributed by atoms with E-state index in [1.54, 1.807) is 12.0 Å². The van der Waals surface area contributed by atoms with E-state index in [2.05, 4.69) is 11.9 Å². The predicted molar refractivity (Wildman–Crippen MR) is 156 cm³/mol. The topological polar surface area (TPSA) is 86.5 Å². The maximum absolute atomic E-state index is 12.4. The molecule has 3 aromatic rings. The minimum absolute atomic E-state index is 0.0491. The van der Waals surface area contributed by atoms with Crippen LogP contribution in [0.5, 0.6) is 17.2 Å². The number of aryl methyl sites for hydroxylation is 1. The molecule has 41 heavy (non-hydrogen) atoms. The number of furan rings is 1. The third-order valence-corrected chi connectivity index (χ3v) is 8.33. The number of methoxy groups -OCH3 is 1. The normalized spacial score (nSPS) is 19.6. The fraction of sp³-hybridized carbons (Fsp3) is 0.562. The lowest BCUT2D eigenvalue weighted by Gasteiger charge is -2.58. The minimum Gasteiger partial charge on any atom is -0.493 e. The molecule has 220 valence electrons. The molecule has 2 aromatic heterocycles. The molecule has 1 spiro atoms. The number of aromatic nitrogens is 1. The minimum atomic E-state index is -0.487. The third-order valence-electron chi connectivity index (χ3n) is 8.33. The van der Waals surface area contributed by atoms with Crippen LogP contribution in [-0.4, -0.2) is 79.0 Å². The number of carbonyl (C=O) groups excluding carboxylic acids is 1. The van der Waals surface area contributed by atoms with E-state index in [-0.39, 0.29) is 23.7 Å². The van der Waals surface area contributed by atoms with Crippen molar-refractivity contribution in [3.63, 3.8) is 0 Å². The molecule has 6 rings (SSSR count). The molecule has 1 amide bonds. The smallest absolute Gasteiger partial charge is 0.410 e. The van der Waals surface area contributed by atoms with E-state index in [0.717, 1.165) is 66.9 Å². The van der Waals surface area contributed by atoms with Gasteiger partial charge in [0.2, 0.25) is 0 Å². The quantitative estimate of drug-likeness (QED) is 0.358. The summed E-state index contributed by atoms with van der Waals surface area (Å²) in [7, 11) is 3.81. The fourth-order valence-electron chi connectivity index (χ4n) is 6.18. The van der Waals surface area contributed by atoms with Crippen LogP contribution < -0.4 is 14.2 Å². The number of amides is 1. The van der Waals surface area contributed by atoms with Gasteiger partial charge in [0.05, 0.1) is 12.6 Å². The Kier molecular flexibility index (Phi) is 7.04. The first-order valence-electron chi connectivity index (χ1n) is 14.6. The van der Waals surface area contributed by atoms with Crippen molar-refractivity contribution in [1.82, 2.24) is 14.8 Å². The first-order chi connectivity index (χ1) is 19.5. The second kappa shape index (κ2) is 10.4. The molecule has 9 nitrogen and oxygen atoms in total. The number of pyridine rings is 1. The van der Waals surface area contributed by atoms with Gasteiger partial charge in [-0.15, -0.1) is 0 Å². The number of benzene rings is 1. The van der Waals surface area contributed by atoms with Gasteiger partial charge in [0.25, 0.3) is 0 Å². The standard InChI is InChI=1S/C32H41N3O6/c1-20-7-8-26(38-20)25-15-27(39-21-9-11-34(5)12-10-21)23-13-28(37-6)29(14-24(23)33-25)40-22-16-32(17-22)18-35(19-32)30(36)41-31(2,3)4/h7-8,13-15,21-22H,9-12,16-19H2,1-6H3. The first kappa shape index (κ1) is 27.7. The second-order valence-electron chi connectivity index (χ2n) is 13.0. The molecule has 2 aliphatic heterocycles. The highest BCUT2D eigenvalue weighted by Gasteiger charge is 2.55. The Balaban J connectivity index is 1.21. The Morgan fingerprint density at radius 2 is 1.71 bits per heavy atom. The average molecular weight is 564 g/mol. The van der Waals surface area contributed by atoms with E-state index >= 15 is 0 Å². The molecule has 1 aromatic carbocycles. The number of ether oxygens (including phenoxy) is 4. The highest BCUT2D eigenvalue weighted by molar-refractivity contribution is 5.90. The lowest BCUT2D eigenvalue weighted by Crippen LogP contribution is -2.66. The van der Waals surface area contributed by atoms with E-state index in [0.29, 0.717) is 30.3 Å². The van der Waals surface area contributed by atoms with Crippen molar-refractivity contribution in [2.45, 2.75) is 71.2 Å². The van der Waals surface area contributed by atoms with Crippen LogP contribution >= 0.6 is 0 Å². The predicted octanol–water partition coefficient (Wildman–Crippen LogP) is 6.06. The molecule has 0 unspecified atom stereocenters. The van der Waals surface area contributed by atoms with Crippen LogP contribution in [0.1, 0.15) is 52.2 Å². The summed E-state index contributed by atoms with van der Waals surface area (Å²) in [6.45, 7) is 11.0. The number of hydrogen-bond donors (Lipinski definition) is 0. The Bertz CT molecular complexity index is 1420. The number of carbonyl (C=O) groups is 1. The number of hydrogen-bond acceptors (Lipinski definition) is 8. The van der Waals surface area contributed by atoms with Crippen LogP contribution in [-0.2, 0) is 4.74 Å². The van der Waals surface area contributed by atoms with Gasteiger partial charge in [-0.05, 0) is 78.6 Å². The zero-order valence-corrected chi connectivity index (χ0v) is 25.0. The number of rotatable bonds is 6. The van der Waals surface area contributed by atoms with Gasteiger partial charge in [-0.2, -0.15) is 0 Å². The summed E-state index contributed by atoms with van der Waals surface area (Å²) in [6, 6.07) is 9.78. The summed E-state index contributed by atoms with van der Waals surface area (Å²) in [5.41, 5.74) is 1.12. The summed E-state index contributed by atoms with van der Waals surface area (Å²) in [4.78, 5) is 21.4. The molecule has 1 aliphatic carbocycles. The monoisotopic (exact) mass is 563 g/mol. The zero-order chi connectivity index (χ0) is 28.9. The molecule has 0 N–H and O–H groups in total. The van der Waals surface area contributed by atoms with Crippen LogP contribution in [0.15, 0.2) is 34.7 Å². The van der Waals surface area contributed by atoms with Crippen LogP contribution in [0.3, 0.4) is 0 Å². The van der Waals surface area contributed by atoms with E-state index < -0.39 is 5.60 Å². The van der Waals surface area contributed by atoms with E-state index in [1.807, 2.05) is 58.0 Å². The van der Waals surface area contributed by atoms with Gasteiger partial charge in [0.15, 0.2) is 17.3 Å². The molecule has 0 bridgehead atoms. The summed E-state index contributed by atoms with van der Waals surface area (Å²) < 4.78 is 30.3. The van der Waals surface area contributed by atoms with Crippen LogP contribution in [0, 0.1) is 12.3 Å². The van der Waals surface area contributed by atoms with Gasteiger partial charge in [0, 0.05) is 49.1 Å². The van der Waals surface area contributed by atoms with Crippen LogP contribution in [0.25, 0.3) is 22.4 Å². The SMILES string of the molecule is COc1cc2c(OC3CCN(C)CC3)cc(-c3ccc(C)o3)nc2cc1OC1CC2(C1)CN(C(=O)OC(C)(C)C)C2. The van der Waals surface area contributed by atoms with Gasteiger partial charge in [0.1, 0.15) is 35.0 Å². The molecular formula is C32H41N3O6. The molecule has 3 aliphatic rings. The van der Waals surface area contributed by atoms with Gasteiger partial charge >= 0.3 is 6.09 Å². The summed E-state index contributed by atoms with van der Waals surface area (Å²) in [6.07, 6.45) is 3.67. The Labute approximate surface area is 241 Å². The van der Waals surface area contributed by atoms with Crippen molar-refractivity contribution < 1.29 is 28.2 Å². The fourth-order valence-corrected chi connectivity index (χ4v) is 6.18. The third kappa shape index (κ3) is 5.82. The Hall–Kier alpha value is -3.46. The van der Waals surface area contributed by atoms with Crippen LogP contribution in [0.4, 0.5) is 4.79 Å². The summed E-state index contributed by atoms with van der Waals surface area (Å²) >= 11 is 0. The lowest BCUT2D eigenvalue weighted by atomic mass is 9.62. The zero-order valence-electron chi connectivity index (χ0n) is 25.0. The van der Waals surface area contributed by atoms with E-state index in [1.165, 1.54) is 0 Å². The summed E-state index contributed by atoms with van der Waals surface area (Å²) in [5.74, 6) is 3.63. The molecular weight excluding hydrogens is 522 g/mol. The number of fused-ring (bicyclic) bond motifs is 1. The Morgan fingerprint density at radius 3 is 2.34 bits per heavy atom. The van der Waals surface area contributed by atoms with Crippen molar-refractivity contribution in [2.24, 2.45) is 5.41 Å². The highest BCUT2D eigenvalue weighted by atomic mass is 16.6.